The number of carbonyl (C=O) groups excluding carboxylic acids is 1. The Bertz CT molecular complexity index is 451. The molecular formula is C13H16N2O2. The van der Waals surface area contributed by atoms with Gasteiger partial charge in [-0.1, -0.05) is 12.1 Å². The van der Waals surface area contributed by atoms with Crippen LogP contribution in [0.25, 0.3) is 0 Å². The third kappa shape index (κ3) is 2.06. The molecule has 4 nitrogen and oxygen atoms in total. The maximum Gasteiger partial charge on any atom is 0.228 e. The summed E-state index contributed by atoms with van der Waals surface area (Å²) in [6, 6.07) is 6.38. The molecule has 17 heavy (non-hydrogen) atoms. The normalized spacial score (nSPS) is 27.7. The van der Waals surface area contributed by atoms with E-state index in [1.807, 2.05) is 6.07 Å². The molecule has 2 aliphatic heterocycles. The lowest BCUT2D eigenvalue weighted by atomic mass is 10.0. The maximum atomic E-state index is 11.3. The van der Waals surface area contributed by atoms with Gasteiger partial charge in [0.15, 0.2) is 0 Å². The highest BCUT2D eigenvalue weighted by Gasteiger charge is 2.22. The van der Waals surface area contributed by atoms with Gasteiger partial charge in [-0.15, -0.1) is 0 Å². The van der Waals surface area contributed by atoms with Crippen LogP contribution < -0.4 is 10.6 Å². The van der Waals surface area contributed by atoms with Gasteiger partial charge in [0.25, 0.3) is 0 Å². The first-order chi connectivity index (χ1) is 8.22. The summed E-state index contributed by atoms with van der Waals surface area (Å²) in [5, 5.41) is 6.30. The molecule has 2 heterocycles. The second-order valence-corrected chi connectivity index (χ2v) is 4.75. The van der Waals surface area contributed by atoms with Crippen LogP contribution in [0.3, 0.4) is 0 Å². The molecule has 90 valence electrons. The summed E-state index contributed by atoms with van der Waals surface area (Å²) < 4.78 is 5.64. The summed E-state index contributed by atoms with van der Waals surface area (Å²) in [6.07, 6.45) is 0.775. The zero-order valence-electron chi connectivity index (χ0n) is 9.82. The van der Waals surface area contributed by atoms with Crippen LogP contribution >= 0.6 is 0 Å². The Morgan fingerprint density at radius 3 is 3.06 bits per heavy atom. The SMILES string of the molecule is CC1CNC(c2ccc3c(c2)CC(=O)N3)CO1. The molecule has 0 spiro atoms. The lowest BCUT2D eigenvalue weighted by Crippen LogP contribution is -2.39. The standard InChI is InChI=1S/C13H16N2O2/c1-8-6-14-12(7-17-8)9-2-3-11-10(4-9)5-13(16)15-11/h2-4,8,12,14H,5-7H2,1H3,(H,15,16). The summed E-state index contributed by atoms with van der Waals surface area (Å²) in [4.78, 5) is 11.3. The molecule has 2 aliphatic rings. The summed E-state index contributed by atoms with van der Waals surface area (Å²) in [6.45, 7) is 3.63. The summed E-state index contributed by atoms with van der Waals surface area (Å²) in [7, 11) is 0. The largest absolute Gasteiger partial charge is 0.375 e. The fourth-order valence-corrected chi connectivity index (χ4v) is 2.37. The van der Waals surface area contributed by atoms with Crippen molar-refractivity contribution in [2.45, 2.75) is 25.5 Å². The molecule has 0 bridgehead atoms. The number of hydrogen-bond acceptors (Lipinski definition) is 3. The van der Waals surface area contributed by atoms with Crippen LogP contribution in [-0.4, -0.2) is 25.2 Å². The fraction of sp³-hybridized carbons (Fsp3) is 0.462. The van der Waals surface area contributed by atoms with Gasteiger partial charge in [0.2, 0.25) is 5.91 Å². The summed E-state index contributed by atoms with van der Waals surface area (Å²) >= 11 is 0. The Morgan fingerprint density at radius 2 is 2.29 bits per heavy atom. The number of amides is 1. The van der Waals surface area contributed by atoms with Crippen molar-refractivity contribution >= 4 is 11.6 Å². The third-order valence-corrected chi connectivity index (χ3v) is 3.36. The zero-order chi connectivity index (χ0) is 11.8. The van der Waals surface area contributed by atoms with Crippen LogP contribution in [0.5, 0.6) is 0 Å². The molecule has 0 radical (unpaired) electrons. The lowest BCUT2D eigenvalue weighted by molar-refractivity contribution is -0.115. The number of anilines is 1. The Labute approximate surface area is 100 Å². The monoisotopic (exact) mass is 232 g/mol. The first-order valence-electron chi connectivity index (χ1n) is 6.00. The van der Waals surface area contributed by atoms with E-state index >= 15 is 0 Å². The van der Waals surface area contributed by atoms with E-state index in [4.69, 9.17) is 4.74 Å². The van der Waals surface area contributed by atoms with E-state index < -0.39 is 0 Å². The highest BCUT2D eigenvalue weighted by molar-refractivity contribution is 5.99. The molecule has 0 aromatic heterocycles. The van der Waals surface area contributed by atoms with Gasteiger partial charge < -0.3 is 15.4 Å². The van der Waals surface area contributed by atoms with E-state index in [1.54, 1.807) is 0 Å². The van der Waals surface area contributed by atoms with Crippen molar-refractivity contribution in [2.24, 2.45) is 0 Å². The molecule has 1 aromatic carbocycles. The molecule has 1 aromatic rings. The Morgan fingerprint density at radius 1 is 1.41 bits per heavy atom. The number of carbonyl (C=O) groups is 1. The lowest BCUT2D eigenvalue weighted by Gasteiger charge is -2.28. The van der Waals surface area contributed by atoms with E-state index in [0.29, 0.717) is 13.0 Å². The van der Waals surface area contributed by atoms with E-state index in [-0.39, 0.29) is 18.1 Å². The minimum atomic E-state index is 0.0821. The van der Waals surface area contributed by atoms with Crippen molar-refractivity contribution in [1.82, 2.24) is 5.32 Å². The van der Waals surface area contributed by atoms with Gasteiger partial charge in [0, 0.05) is 12.2 Å². The highest BCUT2D eigenvalue weighted by Crippen LogP contribution is 2.27. The number of benzene rings is 1. The molecule has 1 amide bonds. The summed E-state index contributed by atoms with van der Waals surface area (Å²) in [5.74, 6) is 0.0821. The van der Waals surface area contributed by atoms with Crippen LogP contribution in [0.2, 0.25) is 0 Å². The fourth-order valence-electron chi connectivity index (χ4n) is 2.37. The second-order valence-electron chi connectivity index (χ2n) is 4.75. The maximum absolute atomic E-state index is 11.3. The van der Waals surface area contributed by atoms with Gasteiger partial charge in [-0.25, -0.2) is 0 Å². The van der Waals surface area contributed by atoms with E-state index in [0.717, 1.165) is 17.8 Å². The molecule has 0 aliphatic carbocycles. The van der Waals surface area contributed by atoms with E-state index in [2.05, 4.69) is 29.7 Å². The van der Waals surface area contributed by atoms with Crippen LogP contribution in [-0.2, 0) is 16.0 Å². The van der Waals surface area contributed by atoms with Crippen LogP contribution in [0.15, 0.2) is 18.2 Å². The molecule has 2 unspecified atom stereocenters. The molecule has 1 saturated heterocycles. The minimum absolute atomic E-state index is 0.0821. The van der Waals surface area contributed by atoms with Crippen molar-refractivity contribution < 1.29 is 9.53 Å². The molecular weight excluding hydrogens is 216 g/mol. The van der Waals surface area contributed by atoms with Crippen molar-refractivity contribution in [3.63, 3.8) is 0 Å². The molecule has 3 rings (SSSR count). The topological polar surface area (TPSA) is 50.4 Å². The average molecular weight is 232 g/mol. The van der Waals surface area contributed by atoms with Crippen LogP contribution in [0.4, 0.5) is 5.69 Å². The van der Waals surface area contributed by atoms with Crippen molar-refractivity contribution in [3.05, 3.63) is 29.3 Å². The molecule has 1 fully saturated rings. The quantitative estimate of drug-likeness (QED) is 0.765. The smallest absolute Gasteiger partial charge is 0.228 e. The molecule has 4 heteroatoms. The van der Waals surface area contributed by atoms with Crippen LogP contribution in [0.1, 0.15) is 24.1 Å². The Balaban J connectivity index is 1.81. The van der Waals surface area contributed by atoms with Gasteiger partial charge in [0.1, 0.15) is 0 Å². The molecule has 0 saturated carbocycles. The zero-order valence-corrected chi connectivity index (χ0v) is 9.82. The van der Waals surface area contributed by atoms with E-state index in [1.165, 1.54) is 5.56 Å². The average Bonchev–Trinajstić information content (AvgIpc) is 2.69. The number of ether oxygens (including phenoxy) is 1. The van der Waals surface area contributed by atoms with Crippen LogP contribution in [0, 0.1) is 0 Å². The predicted molar refractivity (Wildman–Crippen MR) is 64.9 cm³/mol. The first kappa shape index (κ1) is 10.7. The van der Waals surface area contributed by atoms with Crippen molar-refractivity contribution in [1.29, 1.82) is 0 Å². The number of nitrogens with one attached hydrogen (secondary N) is 2. The van der Waals surface area contributed by atoms with Gasteiger partial charge >= 0.3 is 0 Å². The van der Waals surface area contributed by atoms with Gasteiger partial charge in [-0.2, -0.15) is 0 Å². The Kier molecular flexibility index (Phi) is 2.61. The second kappa shape index (κ2) is 4.13. The number of morpholine rings is 1. The van der Waals surface area contributed by atoms with Gasteiger partial charge in [-0.05, 0) is 24.1 Å². The number of rotatable bonds is 1. The van der Waals surface area contributed by atoms with E-state index in [9.17, 15) is 4.79 Å². The third-order valence-electron chi connectivity index (χ3n) is 3.36. The van der Waals surface area contributed by atoms with Crippen molar-refractivity contribution in [2.75, 3.05) is 18.5 Å². The Hall–Kier alpha value is -1.39. The minimum Gasteiger partial charge on any atom is -0.375 e. The molecule has 2 atom stereocenters. The summed E-state index contributed by atoms with van der Waals surface area (Å²) in [5.41, 5.74) is 3.24. The van der Waals surface area contributed by atoms with Gasteiger partial charge in [0.05, 0.1) is 25.2 Å². The van der Waals surface area contributed by atoms with Crippen molar-refractivity contribution in [3.8, 4) is 0 Å². The predicted octanol–water partition coefficient (Wildman–Crippen LogP) is 1.23. The molecule has 2 N–H and O–H groups in total. The van der Waals surface area contributed by atoms with Gasteiger partial charge in [-0.3, -0.25) is 4.79 Å². The number of hydrogen-bond donors (Lipinski definition) is 2. The first-order valence-corrected chi connectivity index (χ1v) is 6.00. The highest BCUT2D eigenvalue weighted by atomic mass is 16.5. The number of fused-ring (bicyclic) bond motifs is 1.